The molecule has 0 radical (unpaired) electrons. The second-order valence-corrected chi connectivity index (χ2v) is 6.65. The molecule has 2 aromatic carbocycles. The average molecular weight is 434 g/mol. The molecule has 0 amide bonds. The van der Waals surface area contributed by atoms with E-state index in [1.165, 1.54) is 0 Å². The number of hydrogen-bond acceptors (Lipinski definition) is 4. The van der Waals surface area contributed by atoms with Crippen LogP contribution in [0.1, 0.15) is 51.3 Å². The van der Waals surface area contributed by atoms with Crippen molar-refractivity contribution in [2.24, 2.45) is 4.99 Å². The molecule has 5 heteroatoms. The van der Waals surface area contributed by atoms with Crippen molar-refractivity contribution in [3.63, 3.8) is 0 Å². The summed E-state index contributed by atoms with van der Waals surface area (Å²) in [6.45, 7) is 10.9. The lowest BCUT2D eigenvalue weighted by atomic mass is 9.82. The SMILES string of the molecule is CC.CC.COc1ccc2c(c1)COc1ccc(Br)cc1C21COC(C)=N1. The molecule has 1 unspecified atom stereocenters. The van der Waals surface area contributed by atoms with Crippen LogP contribution in [-0.2, 0) is 16.9 Å². The first-order valence-electron chi connectivity index (χ1n) is 9.42. The number of halogens is 1. The van der Waals surface area contributed by atoms with E-state index >= 15 is 0 Å². The van der Waals surface area contributed by atoms with Crippen LogP contribution in [0.25, 0.3) is 0 Å². The number of rotatable bonds is 1. The minimum atomic E-state index is -0.568. The number of nitrogens with zero attached hydrogens (tertiary/aromatic N) is 1. The van der Waals surface area contributed by atoms with Crippen LogP contribution in [0.15, 0.2) is 45.9 Å². The van der Waals surface area contributed by atoms with E-state index in [4.69, 9.17) is 19.2 Å². The minimum absolute atomic E-state index is 0.477. The van der Waals surface area contributed by atoms with Crippen LogP contribution in [0, 0.1) is 0 Å². The fraction of sp³-hybridized carbons (Fsp3) is 0.409. The largest absolute Gasteiger partial charge is 0.497 e. The molecule has 2 aliphatic rings. The molecule has 0 N–H and O–H groups in total. The predicted molar refractivity (Wildman–Crippen MR) is 114 cm³/mol. The molecule has 146 valence electrons. The third-order valence-electron chi connectivity index (χ3n) is 4.37. The van der Waals surface area contributed by atoms with Crippen LogP contribution in [-0.4, -0.2) is 19.6 Å². The van der Waals surface area contributed by atoms with Crippen LogP contribution in [0.3, 0.4) is 0 Å². The maximum Gasteiger partial charge on any atom is 0.181 e. The molecule has 2 aliphatic heterocycles. The molecule has 1 atom stereocenters. The summed E-state index contributed by atoms with van der Waals surface area (Å²) in [4.78, 5) is 4.87. The molecule has 0 saturated heterocycles. The van der Waals surface area contributed by atoms with Gasteiger partial charge in [-0.3, -0.25) is 0 Å². The van der Waals surface area contributed by atoms with Crippen molar-refractivity contribution in [2.45, 2.75) is 46.8 Å². The molecule has 0 bridgehead atoms. The van der Waals surface area contributed by atoms with Gasteiger partial charge in [-0.05, 0) is 41.5 Å². The van der Waals surface area contributed by atoms with Crippen molar-refractivity contribution in [1.82, 2.24) is 0 Å². The first-order chi connectivity index (χ1) is 13.1. The van der Waals surface area contributed by atoms with Crippen molar-refractivity contribution < 1.29 is 14.2 Å². The first kappa shape index (κ1) is 21.3. The Labute approximate surface area is 170 Å². The Bertz CT molecular complexity index is 819. The van der Waals surface area contributed by atoms with Crippen LogP contribution < -0.4 is 9.47 Å². The summed E-state index contributed by atoms with van der Waals surface area (Å²) in [5.41, 5.74) is 2.62. The van der Waals surface area contributed by atoms with E-state index < -0.39 is 5.54 Å². The quantitative estimate of drug-likeness (QED) is 0.545. The van der Waals surface area contributed by atoms with E-state index in [9.17, 15) is 0 Å². The van der Waals surface area contributed by atoms with Crippen molar-refractivity contribution in [3.8, 4) is 11.5 Å². The van der Waals surface area contributed by atoms with E-state index in [-0.39, 0.29) is 0 Å². The van der Waals surface area contributed by atoms with E-state index in [1.54, 1.807) is 7.11 Å². The zero-order chi connectivity index (χ0) is 20.0. The van der Waals surface area contributed by atoms with Crippen molar-refractivity contribution in [3.05, 3.63) is 57.6 Å². The second-order valence-electron chi connectivity index (χ2n) is 5.73. The van der Waals surface area contributed by atoms with Gasteiger partial charge in [0.1, 0.15) is 24.7 Å². The molecule has 0 saturated carbocycles. The predicted octanol–water partition coefficient (Wildman–Crippen LogP) is 6.09. The normalized spacial score (nSPS) is 18.9. The number of aliphatic imine (C=N–C) groups is 1. The Morgan fingerprint density at radius 2 is 1.74 bits per heavy atom. The van der Waals surface area contributed by atoms with Gasteiger partial charge in [-0.2, -0.15) is 0 Å². The van der Waals surface area contributed by atoms with Crippen molar-refractivity contribution >= 4 is 21.8 Å². The van der Waals surface area contributed by atoms with Gasteiger partial charge < -0.3 is 14.2 Å². The molecule has 2 aromatic rings. The molecular formula is C22H28BrNO3. The number of hydrogen-bond donors (Lipinski definition) is 0. The van der Waals surface area contributed by atoms with E-state index in [0.717, 1.165) is 32.7 Å². The number of benzene rings is 2. The highest BCUT2D eigenvalue weighted by atomic mass is 79.9. The van der Waals surface area contributed by atoms with E-state index in [0.29, 0.717) is 19.1 Å². The van der Waals surface area contributed by atoms with E-state index in [1.807, 2.05) is 58.9 Å². The standard InChI is InChI=1S/C18H16BrNO3.2C2H6/c1-11-20-18(10-23-11)15-5-4-14(21-2)7-12(15)9-22-17-6-3-13(19)8-16(17)18;2*1-2/h3-8H,9-10H2,1-2H3;2*1-2H3. The maximum absolute atomic E-state index is 6.05. The van der Waals surface area contributed by atoms with Crippen LogP contribution >= 0.6 is 15.9 Å². The van der Waals surface area contributed by atoms with E-state index in [2.05, 4.69) is 28.1 Å². The van der Waals surface area contributed by atoms with Gasteiger partial charge in [-0.1, -0.05) is 49.7 Å². The Morgan fingerprint density at radius 3 is 2.37 bits per heavy atom. The summed E-state index contributed by atoms with van der Waals surface area (Å²) in [7, 11) is 1.67. The Hall–Kier alpha value is -2.01. The summed E-state index contributed by atoms with van der Waals surface area (Å²) in [6.07, 6.45) is 0. The highest BCUT2D eigenvalue weighted by Gasteiger charge is 2.44. The van der Waals surface area contributed by atoms with Crippen molar-refractivity contribution in [1.29, 1.82) is 0 Å². The van der Waals surface area contributed by atoms with Gasteiger partial charge in [-0.15, -0.1) is 0 Å². The lowest BCUT2D eigenvalue weighted by Crippen LogP contribution is -2.27. The minimum Gasteiger partial charge on any atom is -0.497 e. The van der Waals surface area contributed by atoms with Gasteiger partial charge in [0.15, 0.2) is 11.4 Å². The summed E-state index contributed by atoms with van der Waals surface area (Å²) in [6, 6.07) is 12.1. The second kappa shape index (κ2) is 9.27. The molecule has 4 rings (SSSR count). The summed E-state index contributed by atoms with van der Waals surface area (Å²) < 4.78 is 18.2. The van der Waals surface area contributed by atoms with Gasteiger partial charge in [0, 0.05) is 17.0 Å². The maximum atomic E-state index is 6.05. The first-order valence-corrected chi connectivity index (χ1v) is 10.2. The monoisotopic (exact) mass is 433 g/mol. The van der Waals surface area contributed by atoms with Crippen LogP contribution in [0.2, 0.25) is 0 Å². The zero-order valence-electron chi connectivity index (χ0n) is 16.9. The lowest BCUT2D eigenvalue weighted by molar-refractivity contribution is 0.276. The lowest BCUT2D eigenvalue weighted by Gasteiger charge is -2.26. The Morgan fingerprint density at radius 1 is 1.00 bits per heavy atom. The molecule has 2 heterocycles. The number of ether oxygens (including phenoxy) is 3. The highest BCUT2D eigenvalue weighted by Crippen LogP contribution is 2.47. The summed E-state index contributed by atoms with van der Waals surface area (Å²) in [5.74, 6) is 2.35. The molecule has 4 nitrogen and oxygen atoms in total. The molecule has 0 aliphatic carbocycles. The van der Waals surface area contributed by atoms with Gasteiger partial charge in [-0.25, -0.2) is 4.99 Å². The molecule has 27 heavy (non-hydrogen) atoms. The number of methoxy groups -OCH3 is 1. The van der Waals surface area contributed by atoms with Crippen molar-refractivity contribution in [2.75, 3.05) is 13.7 Å². The molecule has 0 fully saturated rings. The molecule has 1 spiro atoms. The fourth-order valence-corrected chi connectivity index (χ4v) is 3.65. The van der Waals surface area contributed by atoms with Crippen LogP contribution in [0.5, 0.6) is 11.5 Å². The smallest absolute Gasteiger partial charge is 0.181 e. The van der Waals surface area contributed by atoms with Gasteiger partial charge in [0.2, 0.25) is 0 Å². The average Bonchev–Trinajstić information content (AvgIpc) is 3.06. The zero-order valence-corrected chi connectivity index (χ0v) is 18.5. The van der Waals surface area contributed by atoms with Gasteiger partial charge >= 0.3 is 0 Å². The number of fused-ring (bicyclic) bond motifs is 4. The van der Waals surface area contributed by atoms with Gasteiger partial charge in [0.25, 0.3) is 0 Å². The molecule has 0 aromatic heterocycles. The summed E-state index contributed by atoms with van der Waals surface area (Å²) in [5, 5.41) is 0. The highest BCUT2D eigenvalue weighted by molar-refractivity contribution is 9.10. The van der Waals surface area contributed by atoms with Crippen LogP contribution in [0.4, 0.5) is 0 Å². The topological polar surface area (TPSA) is 40.0 Å². The Balaban J connectivity index is 0.000000614. The van der Waals surface area contributed by atoms with Gasteiger partial charge in [0.05, 0.1) is 7.11 Å². The summed E-state index contributed by atoms with van der Waals surface area (Å²) >= 11 is 3.56. The molecular weight excluding hydrogens is 406 g/mol. The fourth-order valence-electron chi connectivity index (χ4n) is 3.29. The third-order valence-corrected chi connectivity index (χ3v) is 4.86. The third kappa shape index (κ3) is 3.98. The Kier molecular flexibility index (Phi) is 7.31.